The van der Waals surface area contributed by atoms with Crippen molar-refractivity contribution in [2.24, 2.45) is 5.41 Å². The van der Waals surface area contributed by atoms with Gasteiger partial charge in [-0.15, -0.1) is 0 Å². The molecule has 1 N–H and O–H groups in total. The maximum Gasteiger partial charge on any atom is 0.00388 e. The molecule has 1 atom stereocenters. The number of hydrogen-bond donors (Lipinski definition) is 1. The van der Waals surface area contributed by atoms with Gasteiger partial charge in [0, 0.05) is 12.6 Å². The average Bonchev–Trinajstić information content (AvgIpc) is 2.65. The van der Waals surface area contributed by atoms with Gasteiger partial charge < -0.3 is 5.32 Å². The van der Waals surface area contributed by atoms with Gasteiger partial charge in [0.05, 0.1) is 0 Å². The summed E-state index contributed by atoms with van der Waals surface area (Å²) in [5.41, 5.74) is 0.655. The van der Waals surface area contributed by atoms with Crippen molar-refractivity contribution in [3.63, 3.8) is 0 Å². The quantitative estimate of drug-likeness (QED) is 0.684. The Morgan fingerprint density at radius 2 is 1.86 bits per heavy atom. The van der Waals surface area contributed by atoms with Gasteiger partial charge in [-0.25, -0.2) is 0 Å². The molecule has 0 aromatic heterocycles. The van der Waals surface area contributed by atoms with Crippen molar-refractivity contribution in [2.45, 2.75) is 71.8 Å². The van der Waals surface area contributed by atoms with Crippen LogP contribution < -0.4 is 5.32 Å². The highest BCUT2D eigenvalue weighted by molar-refractivity contribution is 4.86. The highest BCUT2D eigenvalue weighted by Gasteiger charge is 2.31. The van der Waals surface area contributed by atoms with Gasteiger partial charge in [-0.1, -0.05) is 33.1 Å². The molecular formula is C13H27N. The summed E-state index contributed by atoms with van der Waals surface area (Å²) in [5.74, 6) is 0. The molecule has 1 unspecified atom stereocenters. The molecule has 0 amide bonds. The van der Waals surface area contributed by atoms with E-state index in [0.29, 0.717) is 11.5 Å². The van der Waals surface area contributed by atoms with E-state index in [2.05, 4.69) is 26.1 Å². The zero-order valence-corrected chi connectivity index (χ0v) is 10.2. The van der Waals surface area contributed by atoms with Crippen LogP contribution in [0.2, 0.25) is 0 Å². The molecular weight excluding hydrogens is 170 g/mol. The van der Waals surface area contributed by atoms with E-state index in [-0.39, 0.29) is 0 Å². The standard InChI is InChI=1S/C13H27N/c1-4-8-12(3)14-11-13(5-2)9-6-7-10-13/h12,14H,4-11H2,1-3H3. The molecule has 1 heteroatoms. The summed E-state index contributed by atoms with van der Waals surface area (Å²) in [6.45, 7) is 8.20. The molecule has 1 nitrogen and oxygen atoms in total. The molecule has 1 aliphatic rings. The van der Waals surface area contributed by atoms with E-state index in [0.717, 1.165) is 0 Å². The Hall–Kier alpha value is -0.0400. The van der Waals surface area contributed by atoms with Crippen LogP contribution in [0.5, 0.6) is 0 Å². The Bertz CT molecular complexity index is 147. The first-order valence-electron chi connectivity index (χ1n) is 6.46. The van der Waals surface area contributed by atoms with Crippen LogP contribution in [0.3, 0.4) is 0 Å². The summed E-state index contributed by atoms with van der Waals surface area (Å²) in [4.78, 5) is 0. The largest absolute Gasteiger partial charge is 0.314 e. The molecule has 1 fully saturated rings. The molecule has 0 bridgehead atoms. The second kappa shape index (κ2) is 5.75. The second-order valence-corrected chi connectivity index (χ2v) is 5.13. The van der Waals surface area contributed by atoms with Crippen LogP contribution in [-0.2, 0) is 0 Å². The fourth-order valence-corrected chi connectivity index (χ4v) is 2.71. The van der Waals surface area contributed by atoms with Crippen LogP contribution >= 0.6 is 0 Å². The van der Waals surface area contributed by atoms with Gasteiger partial charge in [-0.3, -0.25) is 0 Å². The Morgan fingerprint density at radius 3 is 2.36 bits per heavy atom. The summed E-state index contributed by atoms with van der Waals surface area (Å²) in [6, 6.07) is 0.712. The third kappa shape index (κ3) is 3.27. The van der Waals surface area contributed by atoms with Crippen molar-refractivity contribution in [3.8, 4) is 0 Å². The number of nitrogens with one attached hydrogen (secondary N) is 1. The van der Waals surface area contributed by atoms with Crippen LogP contribution in [0.1, 0.15) is 65.7 Å². The third-order valence-corrected chi connectivity index (χ3v) is 3.96. The molecule has 0 radical (unpaired) electrons. The van der Waals surface area contributed by atoms with E-state index < -0.39 is 0 Å². The maximum absolute atomic E-state index is 3.72. The Labute approximate surface area is 89.7 Å². The molecule has 0 aliphatic heterocycles. The smallest absolute Gasteiger partial charge is 0.00388 e. The van der Waals surface area contributed by atoms with E-state index in [9.17, 15) is 0 Å². The monoisotopic (exact) mass is 197 g/mol. The molecule has 0 heterocycles. The average molecular weight is 197 g/mol. The van der Waals surface area contributed by atoms with Gasteiger partial charge in [0.1, 0.15) is 0 Å². The molecule has 14 heavy (non-hydrogen) atoms. The van der Waals surface area contributed by atoms with E-state index in [1.807, 2.05) is 0 Å². The van der Waals surface area contributed by atoms with E-state index in [1.165, 1.54) is 51.5 Å². The normalized spacial score (nSPS) is 22.5. The van der Waals surface area contributed by atoms with Crippen molar-refractivity contribution in [3.05, 3.63) is 0 Å². The van der Waals surface area contributed by atoms with E-state index in [4.69, 9.17) is 0 Å². The van der Waals surface area contributed by atoms with Crippen molar-refractivity contribution >= 4 is 0 Å². The van der Waals surface area contributed by atoms with Gasteiger partial charge >= 0.3 is 0 Å². The minimum Gasteiger partial charge on any atom is -0.314 e. The first-order valence-corrected chi connectivity index (χ1v) is 6.46. The van der Waals surface area contributed by atoms with Gasteiger partial charge in [0.25, 0.3) is 0 Å². The fourth-order valence-electron chi connectivity index (χ4n) is 2.71. The van der Waals surface area contributed by atoms with Gasteiger partial charge in [0.2, 0.25) is 0 Å². The Balaban J connectivity index is 2.27. The van der Waals surface area contributed by atoms with Gasteiger partial charge in [0.15, 0.2) is 0 Å². The molecule has 0 aromatic carbocycles. The van der Waals surface area contributed by atoms with Crippen molar-refractivity contribution in [2.75, 3.05) is 6.54 Å². The number of hydrogen-bond acceptors (Lipinski definition) is 1. The third-order valence-electron chi connectivity index (χ3n) is 3.96. The Morgan fingerprint density at radius 1 is 1.21 bits per heavy atom. The summed E-state index contributed by atoms with van der Waals surface area (Å²) in [6.07, 6.45) is 9.80. The van der Waals surface area contributed by atoms with E-state index in [1.54, 1.807) is 0 Å². The summed E-state index contributed by atoms with van der Waals surface area (Å²) >= 11 is 0. The van der Waals surface area contributed by atoms with Crippen LogP contribution in [-0.4, -0.2) is 12.6 Å². The summed E-state index contributed by atoms with van der Waals surface area (Å²) in [5, 5.41) is 3.72. The van der Waals surface area contributed by atoms with Crippen LogP contribution in [0, 0.1) is 5.41 Å². The zero-order chi connectivity index (χ0) is 10.4. The maximum atomic E-state index is 3.72. The fraction of sp³-hybridized carbons (Fsp3) is 1.00. The number of rotatable bonds is 6. The van der Waals surface area contributed by atoms with Crippen molar-refractivity contribution in [1.29, 1.82) is 0 Å². The lowest BCUT2D eigenvalue weighted by Crippen LogP contribution is -2.36. The molecule has 0 spiro atoms. The van der Waals surface area contributed by atoms with Crippen molar-refractivity contribution < 1.29 is 0 Å². The Kier molecular flexibility index (Phi) is 4.94. The minimum atomic E-state index is 0.655. The van der Waals surface area contributed by atoms with E-state index >= 15 is 0 Å². The van der Waals surface area contributed by atoms with Gasteiger partial charge in [-0.2, -0.15) is 0 Å². The summed E-state index contributed by atoms with van der Waals surface area (Å²) < 4.78 is 0. The minimum absolute atomic E-state index is 0.655. The van der Waals surface area contributed by atoms with Gasteiger partial charge in [-0.05, 0) is 38.0 Å². The molecule has 1 rings (SSSR count). The predicted molar refractivity (Wildman–Crippen MR) is 63.6 cm³/mol. The summed E-state index contributed by atoms with van der Waals surface area (Å²) in [7, 11) is 0. The predicted octanol–water partition coefficient (Wildman–Crippen LogP) is 3.74. The molecule has 1 aliphatic carbocycles. The SMILES string of the molecule is CCCC(C)NCC1(CC)CCCC1. The molecule has 0 saturated heterocycles. The highest BCUT2D eigenvalue weighted by atomic mass is 14.9. The van der Waals surface area contributed by atoms with Crippen LogP contribution in [0.15, 0.2) is 0 Å². The topological polar surface area (TPSA) is 12.0 Å². The lowest BCUT2D eigenvalue weighted by Gasteiger charge is -2.29. The van der Waals surface area contributed by atoms with Crippen molar-refractivity contribution in [1.82, 2.24) is 5.32 Å². The first-order chi connectivity index (χ1) is 6.72. The first kappa shape index (κ1) is 12.0. The lowest BCUT2D eigenvalue weighted by molar-refractivity contribution is 0.255. The zero-order valence-electron chi connectivity index (χ0n) is 10.2. The molecule has 84 valence electrons. The highest BCUT2D eigenvalue weighted by Crippen LogP contribution is 2.40. The second-order valence-electron chi connectivity index (χ2n) is 5.13. The van der Waals surface area contributed by atoms with Crippen LogP contribution in [0.4, 0.5) is 0 Å². The van der Waals surface area contributed by atoms with Crippen LogP contribution in [0.25, 0.3) is 0 Å². The molecule has 0 aromatic rings. The lowest BCUT2D eigenvalue weighted by atomic mass is 9.83. The molecule has 1 saturated carbocycles.